The highest BCUT2D eigenvalue weighted by Crippen LogP contribution is 2.36. The Morgan fingerprint density at radius 3 is 2.59 bits per heavy atom. The lowest BCUT2D eigenvalue weighted by Gasteiger charge is -2.13. The molecule has 0 aliphatic rings. The number of rotatable bonds is 5. The molecule has 9 nitrogen and oxygen atoms in total. The second-order valence-electron chi connectivity index (χ2n) is 6.64. The zero-order chi connectivity index (χ0) is 22.8. The number of benzene rings is 2. The Balaban J connectivity index is 1.77. The van der Waals surface area contributed by atoms with Gasteiger partial charge in [0.1, 0.15) is 5.56 Å². The number of nitrogens with one attached hydrogen (secondary N) is 1. The van der Waals surface area contributed by atoms with Crippen LogP contribution in [0.2, 0.25) is 5.02 Å². The molecule has 2 aromatic carbocycles. The van der Waals surface area contributed by atoms with Crippen molar-refractivity contribution in [3.63, 3.8) is 0 Å². The molecule has 0 spiro atoms. The van der Waals surface area contributed by atoms with Crippen molar-refractivity contribution >= 4 is 44.8 Å². The average molecular weight is 515 g/mol. The van der Waals surface area contributed by atoms with Crippen molar-refractivity contribution in [2.24, 2.45) is 0 Å². The largest absolute Gasteiger partial charge is 0.416 e. The van der Waals surface area contributed by atoms with Crippen LogP contribution in [0.1, 0.15) is 15.9 Å². The molecule has 0 aliphatic heterocycles. The lowest BCUT2D eigenvalue weighted by molar-refractivity contribution is -0.384. The standard InChI is InChI=1S/C21H13BrClN5O4/c1-11-8-12(23)9-14(18(11)25-19(29)13-4-2-3-5-16(13)22)20-26-27-21(32-20)15-10-24-7-6-17(15)28(30)31/h2-10H,1H3,(H,25,29). The lowest BCUT2D eigenvalue weighted by atomic mass is 10.1. The summed E-state index contributed by atoms with van der Waals surface area (Å²) in [5, 5.41) is 22.5. The van der Waals surface area contributed by atoms with E-state index in [1.807, 2.05) is 0 Å². The number of aryl methyl sites for hydroxylation is 1. The number of halogens is 2. The molecule has 2 heterocycles. The molecular weight excluding hydrogens is 502 g/mol. The van der Waals surface area contributed by atoms with E-state index in [1.165, 1.54) is 18.5 Å². The second kappa shape index (κ2) is 8.85. The summed E-state index contributed by atoms with van der Waals surface area (Å²) in [7, 11) is 0. The number of carbonyl (C=O) groups is 1. The molecule has 160 valence electrons. The maximum atomic E-state index is 12.9. The Morgan fingerprint density at radius 1 is 1.16 bits per heavy atom. The van der Waals surface area contributed by atoms with Gasteiger partial charge >= 0.3 is 0 Å². The number of pyridine rings is 1. The fraction of sp³-hybridized carbons (Fsp3) is 0.0476. The van der Waals surface area contributed by atoms with Gasteiger partial charge in [-0.2, -0.15) is 0 Å². The van der Waals surface area contributed by atoms with Gasteiger partial charge in [0.05, 0.1) is 21.7 Å². The summed E-state index contributed by atoms with van der Waals surface area (Å²) >= 11 is 9.60. The number of amides is 1. The Bertz CT molecular complexity index is 1360. The summed E-state index contributed by atoms with van der Waals surface area (Å²) in [6.45, 7) is 1.77. The third-order valence-corrected chi connectivity index (χ3v) is 5.45. The van der Waals surface area contributed by atoms with E-state index >= 15 is 0 Å². The molecule has 32 heavy (non-hydrogen) atoms. The second-order valence-corrected chi connectivity index (χ2v) is 7.93. The molecule has 0 radical (unpaired) electrons. The predicted molar refractivity (Wildman–Crippen MR) is 121 cm³/mol. The SMILES string of the molecule is Cc1cc(Cl)cc(-c2nnc(-c3cnccc3[N+](=O)[O-])o2)c1NC(=O)c1ccccc1Br. The lowest BCUT2D eigenvalue weighted by Crippen LogP contribution is -2.14. The third-order valence-electron chi connectivity index (χ3n) is 4.54. The molecule has 0 saturated heterocycles. The summed E-state index contributed by atoms with van der Waals surface area (Å²) in [4.78, 5) is 27.5. The molecule has 4 rings (SSSR count). The van der Waals surface area contributed by atoms with Gasteiger partial charge in [-0.1, -0.05) is 23.7 Å². The van der Waals surface area contributed by atoms with E-state index in [1.54, 1.807) is 43.3 Å². The van der Waals surface area contributed by atoms with Gasteiger partial charge in [0.2, 0.25) is 5.89 Å². The quantitative estimate of drug-likeness (QED) is 0.268. The Kier molecular flexibility index (Phi) is 5.97. The molecule has 4 aromatic rings. The molecule has 0 fully saturated rings. The van der Waals surface area contributed by atoms with Crippen LogP contribution in [0.5, 0.6) is 0 Å². The van der Waals surface area contributed by atoms with Crippen LogP contribution in [0, 0.1) is 17.0 Å². The maximum Gasteiger partial charge on any atom is 0.285 e. The summed E-state index contributed by atoms with van der Waals surface area (Å²) < 4.78 is 6.36. The van der Waals surface area contributed by atoms with Gasteiger partial charge in [-0.15, -0.1) is 10.2 Å². The Labute approximate surface area is 194 Å². The van der Waals surface area contributed by atoms with E-state index in [2.05, 4.69) is 36.4 Å². The van der Waals surface area contributed by atoms with Crippen molar-refractivity contribution in [3.05, 3.63) is 85.6 Å². The molecule has 11 heteroatoms. The fourth-order valence-electron chi connectivity index (χ4n) is 3.06. The molecular formula is C21H13BrClN5O4. The molecule has 0 bridgehead atoms. The van der Waals surface area contributed by atoms with Gasteiger partial charge in [0.25, 0.3) is 17.5 Å². The van der Waals surface area contributed by atoms with Gasteiger partial charge in [-0.25, -0.2) is 0 Å². The summed E-state index contributed by atoms with van der Waals surface area (Å²) in [5.74, 6) is -0.404. The predicted octanol–water partition coefficient (Wildman–Crippen LogP) is 5.68. The van der Waals surface area contributed by atoms with E-state index in [4.69, 9.17) is 16.0 Å². The van der Waals surface area contributed by atoms with Crippen molar-refractivity contribution in [3.8, 4) is 22.9 Å². The Hall–Kier alpha value is -3.63. The van der Waals surface area contributed by atoms with Crippen molar-refractivity contribution in [2.75, 3.05) is 5.32 Å². The first-order valence-electron chi connectivity index (χ1n) is 9.14. The van der Waals surface area contributed by atoms with Crippen LogP contribution in [0.3, 0.4) is 0 Å². The third kappa shape index (κ3) is 4.23. The number of aromatic nitrogens is 3. The highest BCUT2D eigenvalue weighted by atomic mass is 79.9. The topological polar surface area (TPSA) is 124 Å². The minimum Gasteiger partial charge on any atom is -0.416 e. The molecule has 0 unspecified atom stereocenters. The molecule has 0 aliphatic carbocycles. The molecule has 0 saturated carbocycles. The number of anilines is 1. The van der Waals surface area contributed by atoms with Gasteiger partial charge < -0.3 is 9.73 Å². The van der Waals surface area contributed by atoms with E-state index < -0.39 is 4.92 Å². The van der Waals surface area contributed by atoms with Crippen LogP contribution < -0.4 is 5.32 Å². The van der Waals surface area contributed by atoms with E-state index in [-0.39, 0.29) is 28.9 Å². The number of hydrogen-bond donors (Lipinski definition) is 1. The zero-order valence-corrected chi connectivity index (χ0v) is 18.7. The van der Waals surface area contributed by atoms with Crippen molar-refractivity contribution in [2.45, 2.75) is 6.92 Å². The van der Waals surface area contributed by atoms with Crippen LogP contribution >= 0.6 is 27.5 Å². The molecule has 0 atom stereocenters. The molecule has 1 N–H and O–H groups in total. The van der Waals surface area contributed by atoms with Crippen molar-refractivity contribution in [1.82, 2.24) is 15.2 Å². The first-order chi connectivity index (χ1) is 15.3. The number of hydrogen-bond acceptors (Lipinski definition) is 7. The summed E-state index contributed by atoms with van der Waals surface area (Å²) in [6, 6.07) is 11.5. The average Bonchev–Trinajstić information content (AvgIpc) is 3.25. The van der Waals surface area contributed by atoms with E-state index in [9.17, 15) is 14.9 Å². The van der Waals surface area contributed by atoms with E-state index in [0.29, 0.717) is 31.9 Å². The van der Waals surface area contributed by atoms with Crippen LogP contribution in [-0.2, 0) is 0 Å². The maximum absolute atomic E-state index is 12.9. The van der Waals surface area contributed by atoms with Gasteiger partial charge in [0.15, 0.2) is 0 Å². The Morgan fingerprint density at radius 2 is 1.88 bits per heavy atom. The van der Waals surface area contributed by atoms with Gasteiger partial charge in [0, 0.05) is 28.0 Å². The van der Waals surface area contributed by atoms with E-state index in [0.717, 1.165) is 0 Å². The smallest absolute Gasteiger partial charge is 0.285 e. The number of carbonyl (C=O) groups excluding carboxylic acids is 1. The monoisotopic (exact) mass is 513 g/mol. The first-order valence-corrected chi connectivity index (χ1v) is 10.3. The minimum atomic E-state index is -0.562. The summed E-state index contributed by atoms with van der Waals surface area (Å²) in [5.41, 5.74) is 1.76. The zero-order valence-electron chi connectivity index (χ0n) is 16.4. The number of nitrogens with zero attached hydrogens (tertiary/aromatic N) is 4. The van der Waals surface area contributed by atoms with Crippen LogP contribution in [0.4, 0.5) is 11.4 Å². The van der Waals surface area contributed by atoms with Crippen LogP contribution in [0.25, 0.3) is 22.9 Å². The fourth-order valence-corrected chi connectivity index (χ4v) is 3.79. The number of nitro groups is 1. The summed E-state index contributed by atoms with van der Waals surface area (Å²) in [6.07, 6.45) is 2.57. The normalized spacial score (nSPS) is 10.7. The van der Waals surface area contributed by atoms with Gasteiger partial charge in [-0.3, -0.25) is 19.9 Å². The molecule has 2 aromatic heterocycles. The first kappa shape index (κ1) is 21.6. The van der Waals surface area contributed by atoms with Crippen molar-refractivity contribution in [1.29, 1.82) is 0 Å². The highest BCUT2D eigenvalue weighted by molar-refractivity contribution is 9.10. The van der Waals surface area contributed by atoms with Crippen molar-refractivity contribution < 1.29 is 14.1 Å². The van der Waals surface area contributed by atoms with Crippen LogP contribution in [0.15, 0.2) is 63.7 Å². The minimum absolute atomic E-state index is 0.0335. The van der Waals surface area contributed by atoms with Gasteiger partial charge in [-0.05, 0) is 52.7 Å². The molecule has 1 amide bonds. The highest BCUT2D eigenvalue weighted by Gasteiger charge is 2.23. The van der Waals surface area contributed by atoms with Crippen LogP contribution in [-0.4, -0.2) is 26.0 Å².